The molecule has 4 nitrogen and oxygen atoms in total. The quantitative estimate of drug-likeness (QED) is 0.929. The van der Waals surface area contributed by atoms with Gasteiger partial charge in [0.25, 0.3) is 0 Å². The minimum absolute atomic E-state index is 0.0534. The number of carbonyl (C=O) groups is 1. The molecule has 4 heteroatoms. The Kier molecular flexibility index (Phi) is 4.15. The summed E-state index contributed by atoms with van der Waals surface area (Å²) in [6, 6.07) is 6.20. The number of methoxy groups -OCH3 is 2. The second-order valence-corrected chi connectivity index (χ2v) is 6.00. The van der Waals surface area contributed by atoms with E-state index in [-0.39, 0.29) is 12.0 Å². The van der Waals surface area contributed by atoms with Gasteiger partial charge in [0, 0.05) is 36.1 Å². The molecule has 1 aromatic carbocycles. The first-order valence-electron chi connectivity index (χ1n) is 7.73. The van der Waals surface area contributed by atoms with Gasteiger partial charge in [0.15, 0.2) is 0 Å². The Morgan fingerprint density at radius 3 is 2.71 bits per heavy atom. The molecule has 3 atom stereocenters. The molecule has 3 rings (SSSR count). The summed E-state index contributed by atoms with van der Waals surface area (Å²) in [5, 5.41) is 3.67. The maximum atomic E-state index is 12.4. The molecule has 1 N–H and O–H groups in total. The predicted molar refractivity (Wildman–Crippen MR) is 80.8 cm³/mol. The number of rotatable bonds is 3. The summed E-state index contributed by atoms with van der Waals surface area (Å²) in [4.78, 5) is 12.4. The molecule has 0 radical (unpaired) electrons. The smallest absolute Gasteiger partial charge is 0.139 e. The topological polar surface area (TPSA) is 47.6 Å². The molecule has 1 aliphatic heterocycles. The highest BCUT2D eigenvalue weighted by molar-refractivity contribution is 5.83. The molecule has 1 heterocycles. The van der Waals surface area contributed by atoms with Crippen molar-refractivity contribution in [1.29, 1.82) is 0 Å². The van der Waals surface area contributed by atoms with Crippen molar-refractivity contribution in [2.24, 2.45) is 5.92 Å². The summed E-state index contributed by atoms with van der Waals surface area (Å²) >= 11 is 0. The highest BCUT2D eigenvalue weighted by atomic mass is 16.5. The van der Waals surface area contributed by atoms with Crippen LogP contribution in [0.5, 0.6) is 11.5 Å². The molecular weight excluding hydrogens is 266 g/mol. The van der Waals surface area contributed by atoms with E-state index >= 15 is 0 Å². The van der Waals surface area contributed by atoms with Crippen molar-refractivity contribution < 1.29 is 14.3 Å². The molecule has 0 aromatic heterocycles. The normalized spacial score (nSPS) is 28.9. The summed E-state index contributed by atoms with van der Waals surface area (Å²) in [6.45, 7) is 0. The first-order valence-corrected chi connectivity index (χ1v) is 7.73. The van der Waals surface area contributed by atoms with Crippen LogP contribution >= 0.6 is 0 Å². The van der Waals surface area contributed by atoms with Crippen LogP contribution in [0.3, 0.4) is 0 Å². The van der Waals surface area contributed by atoms with Crippen molar-refractivity contribution in [2.75, 3.05) is 14.2 Å². The highest BCUT2D eigenvalue weighted by Crippen LogP contribution is 2.38. The first-order chi connectivity index (χ1) is 10.2. The van der Waals surface area contributed by atoms with E-state index in [1.165, 1.54) is 12.8 Å². The van der Waals surface area contributed by atoms with Crippen LogP contribution < -0.4 is 14.8 Å². The van der Waals surface area contributed by atoms with E-state index in [0.717, 1.165) is 29.9 Å². The minimum atomic E-state index is 0.0534. The van der Waals surface area contributed by atoms with Gasteiger partial charge in [-0.1, -0.05) is 18.9 Å². The second-order valence-electron chi connectivity index (χ2n) is 6.00. The number of nitrogens with one attached hydrogen (secondary N) is 1. The lowest BCUT2D eigenvalue weighted by molar-refractivity contribution is -0.127. The fourth-order valence-electron chi connectivity index (χ4n) is 3.69. The summed E-state index contributed by atoms with van der Waals surface area (Å²) in [6.07, 6.45) is 5.11. The van der Waals surface area contributed by atoms with Crippen molar-refractivity contribution in [3.63, 3.8) is 0 Å². The van der Waals surface area contributed by atoms with Crippen LogP contribution in [0.2, 0.25) is 0 Å². The van der Waals surface area contributed by atoms with Crippen LogP contribution in [-0.2, 0) is 4.79 Å². The van der Waals surface area contributed by atoms with Gasteiger partial charge >= 0.3 is 0 Å². The van der Waals surface area contributed by atoms with Crippen molar-refractivity contribution in [1.82, 2.24) is 5.32 Å². The fourth-order valence-corrected chi connectivity index (χ4v) is 3.69. The summed E-state index contributed by atoms with van der Waals surface area (Å²) in [5.41, 5.74) is 1.05. The van der Waals surface area contributed by atoms with E-state index in [1.807, 2.05) is 18.2 Å². The van der Waals surface area contributed by atoms with Crippen LogP contribution in [0, 0.1) is 5.92 Å². The number of ether oxygens (including phenoxy) is 2. The zero-order chi connectivity index (χ0) is 14.8. The molecule has 0 spiro atoms. The van der Waals surface area contributed by atoms with Crippen LogP contribution in [0.15, 0.2) is 18.2 Å². The molecular formula is C17H23NO3. The Labute approximate surface area is 125 Å². The molecule has 0 amide bonds. The molecule has 114 valence electrons. The van der Waals surface area contributed by atoms with Gasteiger partial charge in [0.05, 0.1) is 14.2 Å². The maximum absolute atomic E-state index is 12.4. The molecule has 2 fully saturated rings. The van der Waals surface area contributed by atoms with Gasteiger partial charge in [-0.15, -0.1) is 0 Å². The highest BCUT2D eigenvalue weighted by Gasteiger charge is 2.38. The number of benzene rings is 1. The van der Waals surface area contributed by atoms with Crippen LogP contribution in [0.1, 0.15) is 43.7 Å². The number of Topliss-reactive ketones (excluding diaryl/α,β-unsaturated/α-hetero) is 1. The van der Waals surface area contributed by atoms with Gasteiger partial charge in [-0.3, -0.25) is 4.79 Å². The van der Waals surface area contributed by atoms with Gasteiger partial charge in [-0.05, 0) is 18.9 Å². The lowest BCUT2D eigenvalue weighted by Crippen LogP contribution is -2.49. The van der Waals surface area contributed by atoms with Crippen LogP contribution in [0.4, 0.5) is 0 Å². The van der Waals surface area contributed by atoms with Gasteiger partial charge in [-0.2, -0.15) is 0 Å². The molecule has 1 aliphatic carbocycles. The van der Waals surface area contributed by atoms with Gasteiger partial charge in [0.1, 0.15) is 17.3 Å². The van der Waals surface area contributed by atoms with E-state index in [9.17, 15) is 4.79 Å². The molecule has 1 saturated heterocycles. The third kappa shape index (κ3) is 2.77. The van der Waals surface area contributed by atoms with Crippen molar-refractivity contribution in [3.05, 3.63) is 23.8 Å². The predicted octanol–water partition coefficient (Wildman–Crippen LogP) is 2.87. The third-order valence-electron chi connectivity index (χ3n) is 4.82. The lowest BCUT2D eigenvalue weighted by atomic mass is 9.76. The lowest BCUT2D eigenvalue weighted by Gasteiger charge is -2.39. The fraction of sp³-hybridized carbons (Fsp3) is 0.588. The maximum Gasteiger partial charge on any atom is 0.139 e. The Hall–Kier alpha value is -1.55. The van der Waals surface area contributed by atoms with Crippen molar-refractivity contribution >= 4 is 5.78 Å². The van der Waals surface area contributed by atoms with Crippen LogP contribution in [0.25, 0.3) is 0 Å². The molecule has 21 heavy (non-hydrogen) atoms. The van der Waals surface area contributed by atoms with E-state index < -0.39 is 0 Å². The molecule has 0 bridgehead atoms. The number of piperidine rings is 1. The second kappa shape index (κ2) is 6.06. The summed E-state index contributed by atoms with van der Waals surface area (Å²) in [5.74, 6) is 2.18. The number of hydrogen-bond donors (Lipinski definition) is 1. The van der Waals surface area contributed by atoms with Crippen molar-refractivity contribution in [3.8, 4) is 11.5 Å². The molecule has 1 saturated carbocycles. The van der Waals surface area contributed by atoms with Crippen LogP contribution in [-0.4, -0.2) is 26.0 Å². The summed E-state index contributed by atoms with van der Waals surface area (Å²) in [7, 11) is 3.30. The van der Waals surface area contributed by atoms with E-state index in [0.29, 0.717) is 18.2 Å². The van der Waals surface area contributed by atoms with E-state index in [1.54, 1.807) is 14.2 Å². The van der Waals surface area contributed by atoms with Gasteiger partial charge < -0.3 is 14.8 Å². The average Bonchev–Trinajstić information content (AvgIpc) is 2.54. The number of ketones is 1. The van der Waals surface area contributed by atoms with E-state index in [2.05, 4.69) is 5.32 Å². The largest absolute Gasteiger partial charge is 0.497 e. The Bertz CT molecular complexity index is 529. The Morgan fingerprint density at radius 2 is 1.95 bits per heavy atom. The summed E-state index contributed by atoms with van der Waals surface area (Å²) < 4.78 is 10.7. The third-order valence-corrected chi connectivity index (χ3v) is 4.82. The monoisotopic (exact) mass is 289 g/mol. The van der Waals surface area contributed by atoms with Crippen molar-refractivity contribution in [2.45, 2.75) is 44.2 Å². The minimum Gasteiger partial charge on any atom is -0.497 e. The molecule has 2 aliphatic rings. The molecule has 3 unspecified atom stereocenters. The van der Waals surface area contributed by atoms with Gasteiger partial charge in [0.2, 0.25) is 0 Å². The number of carbonyl (C=O) groups excluding carboxylic acids is 1. The molecule has 1 aromatic rings. The van der Waals surface area contributed by atoms with Gasteiger partial charge in [-0.25, -0.2) is 0 Å². The SMILES string of the molecule is COc1ccc(C2CC(=O)C3CCCCC3N2)c(OC)c1. The average molecular weight is 289 g/mol. The number of hydrogen-bond acceptors (Lipinski definition) is 4. The zero-order valence-electron chi connectivity index (χ0n) is 12.7. The zero-order valence-corrected chi connectivity index (χ0v) is 12.7. The first kappa shape index (κ1) is 14.4. The standard InChI is InChI=1S/C17H23NO3/c1-20-11-7-8-13(17(9-11)21-2)15-10-16(19)12-5-3-4-6-14(12)18-15/h7-9,12,14-15,18H,3-6,10H2,1-2H3. The Balaban J connectivity index is 1.85. The van der Waals surface area contributed by atoms with E-state index in [4.69, 9.17) is 9.47 Å². The number of fused-ring (bicyclic) bond motifs is 1. The Morgan fingerprint density at radius 1 is 1.14 bits per heavy atom.